The summed E-state index contributed by atoms with van der Waals surface area (Å²) in [5, 5.41) is 10.6. The first-order chi connectivity index (χ1) is 18.9. The lowest BCUT2D eigenvalue weighted by Gasteiger charge is -2.41. The minimum Gasteiger partial charge on any atom is -0.465 e. The van der Waals surface area contributed by atoms with E-state index >= 15 is 0 Å². The van der Waals surface area contributed by atoms with Crippen molar-refractivity contribution < 1.29 is 29.0 Å². The highest BCUT2D eigenvalue weighted by atomic mass is 16.6. The Balaban J connectivity index is 1.67. The number of hydrogen-bond donors (Lipinski definition) is 1. The summed E-state index contributed by atoms with van der Waals surface area (Å²) in [4.78, 5) is 46.0. The molecule has 210 valence electrons. The van der Waals surface area contributed by atoms with Crippen LogP contribution in [0.4, 0.5) is 0 Å². The predicted octanol–water partition coefficient (Wildman–Crippen LogP) is 3.56. The van der Waals surface area contributed by atoms with Crippen LogP contribution in [0.25, 0.3) is 0 Å². The monoisotopic (exact) mass is 536 g/mol. The molecule has 2 amide bonds. The number of allylic oxidation sites excluding steroid dienone is 1. The van der Waals surface area contributed by atoms with Crippen LogP contribution in [0, 0.1) is 11.8 Å². The number of hydrogen-bond acceptors (Lipinski definition) is 6. The molecule has 8 heteroatoms. The van der Waals surface area contributed by atoms with Crippen LogP contribution in [0.15, 0.2) is 54.6 Å². The van der Waals surface area contributed by atoms with E-state index in [-0.39, 0.29) is 25.0 Å². The first-order valence-corrected chi connectivity index (χ1v) is 14.4. The van der Waals surface area contributed by atoms with E-state index < -0.39 is 41.1 Å². The number of aliphatic hydroxyl groups is 1. The molecule has 0 radical (unpaired) electrons. The quantitative estimate of drug-likeness (QED) is 0.310. The number of unbranched alkanes of at least 4 members (excludes halogenated alkanes) is 2. The SMILES string of the molecule is CCCCCN1CC=C[C@]23O[C@]4(CC)/C=C\CCCOC(=O)[C@@H]4[C@H]2C(=O)N([C@H](CO)c2ccccc2)C3C1=O. The van der Waals surface area contributed by atoms with Gasteiger partial charge in [-0.15, -0.1) is 0 Å². The van der Waals surface area contributed by atoms with Gasteiger partial charge in [0.25, 0.3) is 0 Å². The minimum absolute atomic E-state index is 0.212. The second-order valence-electron chi connectivity index (χ2n) is 11.1. The summed E-state index contributed by atoms with van der Waals surface area (Å²) in [5.74, 6) is -2.90. The standard InChI is InChI=1S/C31H40N2O6/c1-3-5-11-18-32-19-13-17-31-24(25-29(37)38-20-12-7-10-16-30(25,4-2)39-31)27(35)33(26(31)28(32)36)23(21-34)22-14-8-6-9-15-22/h6,8-10,13-17,23-26,34H,3-5,7,11-12,18-21H2,1-2H3/b16-10-/t23-,24+,25+,26?,30-,31+/m1/s1. The van der Waals surface area contributed by atoms with Gasteiger partial charge in [0.1, 0.15) is 23.2 Å². The van der Waals surface area contributed by atoms with Crippen molar-refractivity contribution in [3.8, 4) is 0 Å². The predicted molar refractivity (Wildman–Crippen MR) is 145 cm³/mol. The summed E-state index contributed by atoms with van der Waals surface area (Å²) in [7, 11) is 0. The molecule has 1 N–H and O–H groups in total. The molecule has 6 atom stereocenters. The van der Waals surface area contributed by atoms with Crippen molar-refractivity contribution in [2.45, 2.75) is 75.7 Å². The van der Waals surface area contributed by atoms with Crippen molar-refractivity contribution in [1.29, 1.82) is 0 Å². The maximum absolute atomic E-state index is 14.6. The molecule has 2 saturated heterocycles. The highest BCUT2D eigenvalue weighted by Crippen LogP contribution is 2.59. The molecular weight excluding hydrogens is 496 g/mol. The lowest BCUT2D eigenvalue weighted by molar-refractivity contribution is -0.163. The second kappa shape index (κ2) is 11.3. The number of ether oxygens (including phenoxy) is 2. The van der Waals surface area contributed by atoms with Crippen LogP contribution in [0.1, 0.15) is 64.0 Å². The summed E-state index contributed by atoms with van der Waals surface area (Å²) in [6, 6.07) is 7.47. The summed E-state index contributed by atoms with van der Waals surface area (Å²) in [6.45, 7) is 4.93. The summed E-state index contributed by atoms with van der Waals surface area (Å²) >= 11 is 0. The van der Waals surface area contributed by atoms with E-state index in [1.807, 2.05) is 61.6 Å². The van der Waals surface area contributed by atoms with E-state index in [1.54, 1.807) is 4.90 Å². The van der Waals surface area contributed by atoms with Crippen molar-refractivity contribution in [3.63, 3.8) is 0 Å². The number of aliphatic hydroxyl groups excluding tert-OH is 1. The Kier molecular flexibility index (Phi) is 7.96. The van der Waals surface area contributed by atoms with Gasteiger partial charge in [-0.1, -0.05) is 81.3 Å². The number of benzene rings is 1. The van der Waals surface area contributed by atoms with Crippen LogP contribution in [0.5, 0.6) is 0 Å². The fourth-order valence-corrected chi connectivity index (χ4v) is 6.98. The van der Waals surface area contributed by atoms with Gasteiger partial charge in [-0.3, -0.25) is 14.4 Å². The maximum Gasteiger partial charge on any atom is 0.313 e. The van der Waals surface area contributed by atoms with Crippen LogP contribution >= 0.6 is 0 Å². The van der Waals surface area contributed by atoms with Gasteiger partial charge in [0.05, 0.1) is 25.2 Å². The topological polar surface area (TPSA) is 96.4 Å². The number of esters is 1. The number of amides is 2. The largest absolute Gasteiger partial charge is 0.465 e. The lowest BCUT2D eigenvalue weighted by atomic mass is 9.73. The van der Waals surface area contributed by atoms with Crippen LogP contribution in [0.3, 0.4) is 0 Å². The van der Waals surface area contributed by atoms with E-state index in [4.69, 9.17) is 9.47 Å². The highest BCUT2D eigenvalue weighted by Gasteiger charge is 2.76. The Bertz CT molecular complexity index is 1140. The molecule has 1 aromatic carbocycles. The van der Waals surface area contributed by atoms with Gasteiger partial charge in [-0.05, 0) is 31.2 Å². The van der Waals surface area contributed by atoms with Gasteiger partial charge in [0.15, 0.2) is 0 Å². The summed E-state index contributed by atoms with van der Waals surface area (Å²) < 4.78 is 12.7. The third-order valence-corrected chi connectivity index (χ3v) is 8.88. The zero-order chi connectivity index (χ0) is 27.6. The molecule has 1 unspecified atom stereocenters. The Morgan fingerprint density at radius 3 is 2.54 bits per heavy atom. The smallest absolute Gasteiger partial charge is 0.313 e. The van der Waals surface area contributed by atoms with Crippen LogP contribution in [0.2, 0.25) is 0 Å². The second-order valence-corrected chi connectivity index (χ2v) is 11.1. The minimum atomic E-state index is -1.36. The molecule has 2 fully saturated rings. The van der Waals surface area contributed by atoms with E-state index in [9.17, 15) is 19.5 Å². The van der Waals surface area contributed by atoms with Gasteiger partial charge >= 0.3 is 5.97 Å². The van der Waals surface area contributed by atoms with Gasteiger partial charge in [0, 0.05) is 13.1 Å². The Morgan fingerprint density at radius 2 is 1.82 bits per heavy atom. The van der Waals surface area contributed by atoms with Gasteiger partial charge in [-0.2, -0.15) is 0 Å². The Morgan fingerprint density at radius 1 is 1.03 bits per heavy atom. The fraction of sp³-hybridized carbons (Fsp3) is 0.581. The van der Waals surface area contributed by atoms with Crippen molar-refractivity contribution in [3.05, 3.63) is 60.2 Å². The molecular formula is C31H40N2O6. The normalized spacial score (nSPS) is 33.8. The molecule has 4 aliphatic rings. The van der Waals surface area contributed by atoms with E-state index in [0.29, 0.717) is 25.9 Å². The van der Waals surface area contributed by atoms with Crippen LogP contribution in [-0.4, -0.2) is 76.2 Å². The number of carbonyl (C=O) groups excluding carboxylic acids is 3. The molecule has 0 aliphatic carbocycles. The third-order valence-electron chi connectivity index (χ3n) is 8.88. The van der Waals surface area contributed by atoms with E-state index in [2.05, 4.69) is 6.92 Å². The van der Waals surface area contributed by atoms with Gasteiger partial charge in [-0.25, -0.2) is 0 Å². The summed E-state index contributed by atoms with van der Waals surface area (Å²) in [5.41, 5.74) is -1.71. The number of nitrogens with zero attached hydrogens (tertiary/aromatic N) is 2. The molecule has 8 nitrogen and oxygen atoms in total. The van der Waals surface area contributed by atoms with Gasteiger partial charge < -0.3 is 24.4 Å². The van der Waals surface area contributed by atoms with Crippen molar-refractivity contribution in [2.75, 3.05) is 26.3 Å². The lowest BCUT2D eigenvalue weighted by Crippen LogP contribution is -2.57. The molecule has 5 rings (SSSR count). The number of cyclic esters (lactones) is 1. The Labute approximate surface area is 230 Å². The molecule has 0 aromatic heterocycles. The number of rotatable bonds is 8. The van der Waals surface area contributed by atoms with Gasteiger partial charge in [0.2, 0.25) is 11.8 Å². The van der Waals surface area contributed by atoms with Crippen molar-refractivity contribution in [1.82, 2.24) is 9.80 Å². The molecule has 4 aliphatic heterocycles. The van der Waals surface area contributed by atoms with E-state index in [0.717, 1.165) is 31.2 Å². The molecule has 0 bridgehead atoms. The van der Waals surface area contributed by atoms with E-state index in [1.165, 1.54) is 4.90 Å². The zero-order valence-electron chi connectivity index (χ0n) is 23.0. The van der Waals surface area contributed by atoms with Crippen LogP contribution in [-0.2, 0) is 23.9 Å². The molecule has 1 aromatic rings. The van der Waals surface area contributed by atoms with Crippen LogP contribution < -0.4 is 0 Å². The third kappa shape index (κ3) is 4.51. The molecule has 0 saturated carbocycles. The first kappa shape index (κ1) is 27.6. The highest BCUT2D eigenvalue weighted by molar-refractivity contribution is 5.99. The molecule has 1 spiro atoms. The average molecular weight is 537 g/mol. The Hall–Kier alpha value is -2.97. The molecule has 39 heavy (non-hydrogen) atoms. The average Bonchev–Trinajstić information content (AvgIpc) is 3.33. The summed E-state index contributed by atoms with van der Waals surface area (Å²) in [6.07, 6.45) is 12.4. The number of likely N-dealkylation sites (tertiary alicyclic amines) is 1. The maximum atomic E-state index is 14.6. The van der Waals surface area contributed by atoms with Crippen molar-refractivity contribution >= 4 is 17.8 Å². The van der Waals surface area contributed by atoms with Crippen molar-refractivity contribution in [2.24, 2.45) is 11.8 Å². The first-order valence-electron chi connectivity index (χ1n) is 14.4. The fourth-order valence-electron chi connectivity index (χ4n) is 6.98. The number of carbonyl (C=O) groups is 3. The molecule has 4 heterocycles. The zero-order valence-corrected chi connectivity index (χ0v) is 23.0. The number of fused-ring (bicyclic) bond motifs is 2.